The van der Waals surface area contributed by atoms with Gasteiger partial charge in [0.2, 0.25) is 5.75 Å². The number of hydrogen-bond donors (Lipinski definition) is 4. The number of hydrogen-bond acceptors (Lipinski definition) is 5. The third-order valence-electron chi connectivity index (χ3n) is 1.87. The minimum atomic E-state index is -0.675. The summed E-state index contributed by atoms with van der Waals surface area (Å²) in [4.78, 5) is 0. The van der Waals surface area contributed by atoms with Gasteiger partial charge in [0.05, 0.1) is 12.5 Å². The lowest BCUT2D eigenvalue weighted by Gasteiger charge is -2.11. The minimum absolute atomic E-state index is 0.0256. The molecule has 0 aromatic heterocycles. The third-order valence-corrected chi connectivity index (χ3v) is 1.87. The van der Waals surface area contributed by atoms with Crippen molar-refractivity contribution in [3.8, 4) is 23.3 Å². The summed E-state index contributed by atoms with van der Waals surface area (Å²) in [6.45, 7) is 0. The molecule has 0 spiro atoms. The first kappa shape index (κ1) is 10.2. The summed E-state index contributed by atoms with van der Waals surface area (Å²) >= 11 is 0. The van der Waals surface area contributed by atoms with Gasteiger partial charge in [-0.05, 0) is 12.1 Å². The monoisotopic (exact) mass is 194 g/mol. The highest BCUT2D eigenvalue weighted by atomic mass is 16.3. The van der Waals surface area contributed by atoms with Crippen LogP contribution in [0.4, 0.5) is 0 Å². The Kier molecular flexibility index (Phi) is 2.79. The zero-order chi connectivity index (χ0) is 10.7. The second-order valence-corrected chi connectivity index (χ2v) is 2.84. The first-order valence-corrected chi connectivity index (χ1v) is 3.94. The molecule has 1 atom stereocenters. The summed E-state index contributed by atoms with van der Waals surface area (Å²) in [5.74, 6) is -1.51. The van der Waals surface area contributed by atoms with Crippen molar-refractivity contribution in [2.75, 3.05) is 0 Å². The van der Waals surface area contributed by atoms with Gasteiger partial charge in [0, 0.05) is 11.6 Å². The lowest BCUT2D eigenvalue weighted by molar-refractivity contribution is 0.363. The van der Waals surface area contributed by atoms with Crippen LogP contribution in [0.2, 0.25) is 0 Å². The van der Waals surface area contributed by atoms with E-state index in [9.17, 15) is 5.11 Å². The zero-order valence-electron chi connectivity index (χ0n) is 7.31. The summed E-state index contributed by atoms with van der Waals surface area (Å²) in [7, 11) is 0. The molecule has 1 aromatic carbocycles. The highest BCUT2D eigenvalue weighted by Crippen LogP contribution is 2.39. The topological polar surface area (TPSA) is 111 Å². The van der Waals surface area contributed by atoms with Gasteiger partial charge >= 0.3 is 0 Å². The van der Waals surface area contributed by atoms with Gasteiger partial charge in [-0.3, -0.25) is 0 Å². The van der Waals surface area contributed by atoms with Crippen LogP contribution >= 0.6 is 0 Å². The van der Waals surface area contributed by atoms with Gasteiger partial charge in [-0.15, -0.1) is 0 Å². The number of nitriles is 1. The van der Waals surface area contributed by atoms with Crippen molar-refractivity contribution in [1.29, 1.82) is 5.26 Å². The van der Waals surface area contributed by atoms with Crippen LogP contribution in [0.25, 0.3) is 0 Å². The van der Waals surface area contributed by atoms with Crippen molar-refractivity contribution in [3.05, 3.63) is 17.7 Å². The first-order chi connectivity index (χ1) is 6.57. The maximum atomic E-state index is 9.38. The van der Waals surface area contributed by atoms with Gasteiger partial charge in [0.25, 0.3) is 0 Å². The van der Waals surface area contributed by atoms with Crippen molar-refractivity contribution in [1.82, 2.24) is 0 Å². The molecule has 0 aliphatic rings. The van der Waals surface area contributed by atoms with E-state index in [1.165, 1.54) is 12.1 Å². The molecule has 0 fully saturated rings. The molecule has 0 saturated heterocycles. The van der Waals surface area contributed by atoms with E-state index < -0.39 is 23.3 Å². The predicted molar refractivity (Wildman–Crippen MR) is 48.6 cm³/mol. The Bertz CT molecular complexity index is 384. The second kappa shape index (κ2) is 3.85. The van der Waals surface area contributed by atoms with Gasteiger partial charge in [-0.2, -0.15) is 5.26 Å². The summed E-state index contributed by atoms with van der Waals surface area (Å²) in [6.07, 6.45) is 0.0256. The van der Waals surface area contributed by atoms with Gasteiger partial charge in [-0.1, -0.05) is 0 Å². The highest BCUT2D eigenvalue weighted by molar-refractivity contribution is 5.54. The summed E-state index contributed by atoms with van der Waals surface area (Å²) in [5.41, 5.74) is 5.79. The Morgan fingerprint density at radius 3 is 2.50 bits per heavy atom. The van der Waals surface area contributed by atoms with Crippen LogP contribution in [0, 0.1) is 11.3 Å². The molecule has 74 valence electrons. The van der Waals surface area contributed by atoms with Crippen LogP contribution in [0.15, 0.2) is 12.1 Å². The van der Waals surface area contributed by atoms with Crippen LogP contribution in [0.1, 0.15) is 18.0 Å². The predicted octanol–water partition coefficient (Wildman–Crippen LogP) is 0.717. The summed E-state index contributed by atoms with van der Waals surface area (Å²) < 4.78 is 0. The molecular weight excluding hydrogens is 184 g/mol. The zero-order valence-corrected chi connectivity index (χ0v) is 7.31. The lowest BCUT2D eigenvalue weighted by atomic mass is 10.0. The molecule has 5 nitrogen and oxygen atoms in total. The van der Waals surface area contributed by atoms with Crippen molar-refractivity contribution in [2.24, 2.45) is 5.73 Å². The Morgan fingerprint density at radius 1 is 1.29 bits per heavy atom. The molecular formula is C9H10N2O3. The largest absolute Gasteiger partial charge is 0.504 e. The van der Waals surface area contributed by atoms with E-state index in [1.807, 2.05) is 6.07 Å². The average molecular weight is 194 g/mol. The maximum absolute atomic E-state index is 9.38. The lowest BCUT2D eigenvalue weighted by Crippen LogP contribution is -2.09. The molecule has 0 amide bonds. The molecule has 1 aromatic rings. The van der Waals surface area contributed by atoms with Crippen LogP contribution in [0.3, 0.4) is 0 Å². The number of nitrogens with zero attached hydrogens (tertiary/aromatic N) is 1. The molecule has 1 rings (SSSR count). The molecule has 0 aliphatic carbocycles. The van der Waals surface area contributed by atoms with Crippen molar-refractivity contribution in [2.45, 2.75) is 12.5 Å². The normalized spacial score (nSPS) is 12.0. The van der Waals surface area contributed by atoms with Gasteiger partial charge in [-0.25, -0.2) is 0 Å². The van der Waals surface area contributed by atoms with Crippen molar-refractivity contribution >= 4 is 0 Å². The van der Waals surface area contributed by atoms with Crippen molar-refractivity contribution in [3.63, 3.8) is 0 Å². The smallest absolute Gasteiger partial charge is 0.200 e. The number of nitrogens with two attached hydrogens (primary N) is 1. The number of phenolic OH excluding ortho intramolecular Hbond substituents is 3. The summed E-state index contributed by atoms with van der Waals surface area (Å²) in [6, 6.07) is 3.75. The molecule has 0 aliphatic heterocycles. The fourth-order valence-electron chi connectivity index (χ4n) is 1.09. The van der Waals surface area contributed by atoms with Crippen LogP contribution in [-0.2, 0) is 0 Å². The Labute approximate surface area is 80.6 Å². The van der Waals surface area contributed by atoms with E-state index in [0.29, 0.717) is 0 Å². The maximum Gasteiger partial charge on any atom is 0.200 e. The summed E-state index contributed by atoms with van der Waals surface area (Å²) in [5, 5.41) is 36.0. The third kappa shape index (κ3) is 1.70. The Balaban J connectivity index is 3.12. The minimum Gasteiger partial charge on any atom is -0.504 e. The Morgan fingerprint density at radius 2 is 1.93 bits per heavy atom. The number of aromatic hydroxyl groups is 3. The quantitative estimate of drug-likeness (QED) is 0.518. The van der Waals surface area contributed by atoms with Crippen LogP contribution in [-0.4, -0.2) is 15.3 Å². The van der Waals surface area contributed by atoms with E-state index in [4.69, 9.17) is 21.2 Å². The highest BCUT2D eigenvalue weighted by Gasteiger charge is 2.15. The molecule has 0 saturated carbocycles. The van der Waals surface area contributed by atoms with Crippen LogP contribution < -0.4 is 5.73 Å². The first-order valence-electron chi connectivity index (χ1n) is 3.94. The SMILES string of the molecule is N#CC[C@H](N)c1ccc(O)c(O)c1O. The standard InChI is InChI=1S/C9H10N2O3/c10-4-3-6(11)5-1-2-7(12)9(14)8(5)13/h1-2,6,12-14H,3,11H2/t6-/m0/s1. The Hall–Kier alpha value is -1.93. The molecule has 0 radical (unpaired) electrons. The van der Waals surface area contributed by atoms with E-state index in [0.717, 1.165) is 0 Å². The van der Waals surface area contributed by atoms with E-state index >= 15 is 0 Å². The number of benzene rings is 1. The van der Waals surface area contributed by atoms with Gasteiger partial charge in [0.15, 0.2) is 11.5 Å². The molecule has 0 unspecified atom stereocenters. The average Bonchev–Trinajstić information content (AvgIpc) is 2.15. The van der Waals surface area contributed by atoms with Crippen LogP contribution in [0.5, 0.6) is 17.2 Å². The number of phenols is 3. The van der Waals surface area contributed by atoms with E-state index in [2.05, 4.69) is 0 Å². The fourth-order valence-corrected chi connectivity index (χ4v) is 1.09. The van der Waals surface area contributed by atoms with Gasteiger partial charge < -0.3 is 21.1 Å². The number of rotatable bonds is 2. The molecule has 5 heteroatoms. The van der Waals surface area contributed by atoms with E-state index in [-0.39, 0.29) is 12.0 Å². The molecule has 14 heavy (non-hydrogen) atoms. The second-order valence-electron chi connectivity index (χ2n) is 2.84. The van der Waals surface area contributed by atoms with E-state index in [1.54, 1.807) is 0 Å². The molecule has 5 N–H and O–H groups in total. The van der Waals surface area contributed by atoms with Crippen molar-refractivity contribution < 1.29 is 15.3 Å². The molecule has 0 bridgehead atoms. The fraction of sp³-hybridized carbons (Fsp3) is 0.222. The van der Waals surface area contributed by atoms with Gasteiger partial charge in [0.1, 0.15) is 0 Å². The molecule has 0 heterocycles.